The van der Waals surface area contributed by atoms with Gasteiger partial charge >= 0.3 is 0 Å². The van der Waals surface area contributed by atoms with Gasteiger partial charge in [0.25, 0.3) is 0 Å². The number of rotatable bonds is 8. The lowest BCUT2D eigenvalue weighted by atomic mass is 9.98. The number of nitrogens with two attached hydrogens (primary N) is 1. The number of fused-ring (bicyclic) bond motifs is 1. The van der Waals surface area contributed by atoms with Crippen molar-refractivity contribution in [1.82, 2.24) is 15.0 Å². The topological polar surface area (TPSA) is 112 Å². The molecule has 0 aromatic carbocycles. The lowest BCUT2D eigenvalue weighted by Crippen LogP contribution is -2.20. The molecule has 0 bridgehead atoms. The first-order valence-corrected chi connectivity index (χ1v) is 13.0. The molecule has 10 heteroatoms. The van der Waals surface area contributed by atoms with Gasteiger partial charge in [-0.2, -0.15) is 0 Å². The molecule has 3 aromatic heterocycles. The van der Waals surface area contributed by atoms with E-state index in [9.17, 15) is 4.79 Å². The average Bonchev–Trinajstić information content (AvgIpc) is 3.48. The number of aromatic nitrogens is 3. The summed E-state index contributed by atoms with van der Waals surface area (Å²) < 4.78 is 11.4. The summed E-state index contributed by atoms with van der Waals surface area (Å²) in [5, 5.41) is 8.84. The monoisotopic (exact) mass is 497 g/mol. The predicted molar refractivity (Wildman–Crippen MR) is 133 cm³/mol. The summed E-state index contributed by atoms with van der Waals surface area (Å²) in [6.07, 6.45) is 8.46. The predicted octanol–water partition coefficient (Wildman–Crippen LogP) is 4.25. The molecule has 3 aromatic rings. The minimum Gasteiger partial charge on any atom is -0.367 e. The van der Waals surface area contributed by atoms with Crippen LogP contribution in [0, 0.1) is 12.8 Å². The van der Waals surface area contributed by atoms with Gasteiger partial charge in [-0.05, 0) is 56.2 Å². The molecule has 3 unspecified atom stereocenters. The van der Waals surface area contributed by atoms with Crippen LogP contribution >= 0.6 is 23.6 Å². The van der Waals surface area contributed by atoms with Crippen LogP contribution in [0.4, 0.5) is 5.82 Å². The van der Waals surface area contributed by atoms with Crippen molar-refractivity contribution >= 4 is 35.2 Å². The lowest BCUT2D eigenvalue weighted by Gasteiger charge is -2.25. The van der Waals surface area contributed by atoms with Crippen LogP contribution in [0.15, 0.2) is 36.9 Å². The van der Waals surface area contributed by atoms with Crippen molar-refractivity contribution in [2.24, 2.45) is 11.1 Å². The lowest BCUT2D eigenvalue weighted by molar-refractivity contribution is 0.0663. The smallest absolute Gasteiger partial charge is 0.208 e. The third kappa shape index (κ3) is 4.87. The zero-order valence-corrected chi connectivity index (χ0v) is 20.5. The number of carbonyl (C=O) groups is 1. The summed E-state index contributed by atoms with van der Waals surface area (Å²) in [7, 11) is 0. The molecule has 1 fully saturated rings. The third-order valence-corrected chi connectivity index (χ3v) is 7.84. The summed E-state index contributed by atoms with van der Waals surface area (Å²) >= 11 is 2.39. The van der Waals surface area contributed by atoms with Crippen LogP contribution in [0.2, 0.25) is 0 Å². The zero-order chi connectivity index (χ0) is 23.5. The van der Waals surface area contributed by atoms with Gasteiger partial charge in [0.1, 0.15) is 18.2 Å². The highest BCUT2D eigenvalue weighted by atomic mass is 32.2. The molecule has 0 radical (unpaired) electrons. The molecule has 1 aliphatic carbocycles. The standard InChI is InChI=1S/C24H27N5O3S2/c1-14-18(23-21-16(6-8-31-23)3-2-7-27-21)10-20(33-14)22(30)19-11-26-13-28-24(19)29-17-5-4-15(9-17)12-32-34-25/h2-3,7,10-11,13,15,17,23H,4-6,8-9,12,25H2,1H3,(H,26,28,29). The number of anilines is 1. The van der Waals surface area contributed by atoms with Crippen LogP contribution in [-0.4, -0.2) is 40.0 Å². The van der Waals surface area contributed by atoms with Crippen LogP contribution < -0.4 is 10.5 Å². The van der Waals surface area contributed by atoms with E-state index in [-0.39, 0.29) is 17.9 Å². The van der Waals surface area contributed by atoms with Crippen LogP contribution in [0.25, 0.3) is 0 Å². The zero-order valence-electron chi connectivity index (χ0n) is 18.9. The number of hydrogen-bond donors (Lipinski definition) is 2. The Morgan fingerprint density at radius 3 is 3.18 bits per heavy atom. The van der Waals surface area contributed by atoms with E-state index in [1.165, 1.54) is 23.2 Å². The Kier molecular flexibility index (Phi) is 7.21. The Morgan fingerprint density at radius 1 is 1.38 bits per heavy atom. The van der Waals surface area contributed by atoms with Gasteiger partial charge in [0.2, 0.25) is 5.78 Å². The molecule has 0 spiro atoms. The molecular formula is C24H27N5O3S2. The van der Waals surface area contributed by atoms with E-state index >= 15 is 0 Å². The average molecular weight is 498 g/mol. The maximum atomic E-state index is 13.5. The van der Waals surface area contributed by atoms with Crippen molar-refractivity contribution in [2.45, 2.75) is 44.8 Å². The van der Waals surface area contributed by atoms with Gasteiger partial charge in [-0.25, -0.2) is 9.97 Å². The van der Waals surface area contributed by atoms with Crippen LogP contribution in [0.1, 0.15) is 62.3 Å². The molecule has 1 aliphatic heterocycles. The Labute approximate surface area is 207 Å². The fraction of sp³-hybridized carbons (Fsp3) is 0.417. The second kappa shape index (κ2) is 10.5. The van der Waals surface area contributed by atoms with Gasteiger partial charge in [0.15, 0.2) is 0 Å². The molecule has 1 saturated carbocycles. The highest BCUT2D eigenvalue weighted by Gasteiger charge is 2.30. The molecule has 0 amide bonds. The fourth-order valence-corrected chi connectivity index (χ4v) is 6.07. The highest BCUT2D eigenvalue weighted by Crippen LogP contribution is 2.37. The van der Waals surface area contributed by atoms with Crippen LogP contribution in [0.5, 0.6) is 0 Å². The molecule has 3 N–H and O–H groups in total. The number of hydrogen-bond acceptors (Lipinski definition) is 10. The molecule has 5 rings (SSSR count). The number of nitrogens with one attached hydrogen (secondary N) is 1. The third-order valence-electron chi connectivity index (χ3n) is 6.50. The van der Waals surface area contributed by atoms with Crippen molar-refractivity contribution < 1.29 is 13.7 Å². The Balaban J connectivity index is 1.36. The first-order valence-electron chi connectivity index (χ1n) is 11.4. The number of aryl methyl sites for hydroxylation is 1. The molecule has 8 nitrogen and oxygen atoms in total. The number of pyridine rings is 1. The summed E-state index contributed by atoms with van der Waals surface area (Å²) in [5.74, 6) is 0.939. The van der Waals surface area contributed by atoms with E-state index < -0.39 is 0 Å². The van der Waals surface area contributed by atoms with E-state index in [1.807, 2.05) is 19.1 Å². The van der Waals surface area contributed by atoms with Crippen molar-refractivity contribution in [1.29, 1.82) is 0 Å². The second-order valence-corrected chi connectivity index (χ2v) is 10.4. The molecule has 0 saturated heterocycles. The van der Waals surface area contributed by atoms with E-state index in [1.54, 1.807) is 12.4 Å². The first kappa shape index (κ1) is 23.4. The van der Waals surface area contributed by atoms with Gasteiger partial charge in [-0.1, -0.05) is 6.07 Å². The number of carbonyl (C=O) groups excluding carboxylic acids is 1. The number of ketones is 1. The molecule has 178 valence electrons. The second-order valence-electron chi connectivity index (χ2n) is 8.69. The number of thiophene rings is 1. The maximum absolute atomic E-state index is 13.5. The van der Waals surface area contributed by atoms with Crippen molar-refractivity contribution in [2.75, 3.05) is 18.5 Å². The van der Waals surface area contributed by atoms with E-state index in [4.69, 9.17) is 14.1 Å². The van der Waals surface area contributed by atoms with Gasteiger partial charge in [0.05, 0.1) is 41.6 Å². The molecule has 4 heterocycles. The largest absolute Gasteiger partial charge is 0.367 e. The van der Waals surface area contributed by atoms with Crippen LogP contribution in [0.3, 0.4) is 0 Å². The highest BCUT2D eigenvalue weighted by molar-refractivity contribution is 7.92. The Morgan fingerprint density at radius 2 is 2.29 bits per heavy atom. The summed E-state index contributed by atoms with van der Waals surface area (Å²) in [4.78, 5) is 28.3. The van der Waals surface area contributed by atoms with E-state index in [0.717, 1.165) is 54.0 Å². The molecule has 3 atom stereocenters. The van der Waals surface area contributed by atoms with Gasteiger partial charge in [-0.3, -0.25) is 14.9 Å². The first-order chi connectivity index (χ1) is 16.6. The minimum atomic E-state index is -0.253. The van der Waals surface area contributed by atoms with Crippen molar-refractivity contribution in [3.63, 3.8) is 0 Å². The number of ether oxygens (including phenoxy) is 1. The summed E-state index contributed by atoms with van der Waals surface area (Å²) in [6, 6.07) is 6.23. The van der Waals surface area contributed by atoms with Crippen molar-refractivity contribution in [3.8, 4) is 0 Å². The van der Waals surface area contributed by atoms with Crippen LogP contribution in [-0.2, 0) is 15.3 Å². The summed E-state index contributed by atoms with van der Waals surface area (Å²) in [5.41, 5.74) is 3.61. The van der Waals surface area contributed by atoms with Gasteiger partial charge in [-0.15, -0.1) is 11.3 Å². The molecule has 2 aliphatic rings. The SMILES string of the molecule is Cc1sc(C(=O)c2cncnc2NC2CCC(COSN)C2)cc1C1OCCc2cccnc21. The molecule has 34 heavy (non-hydrogen) atoms. The quantitative estimate of drug-likeness (QED) is 0.268. The van der Waals surface area contributed by atoms with E-state index in [0.29, 0.717) is 35.4 Å². The van der Waals surface area contributed by atoms with Gasteiger partial charge < -0.3 is 14.2 Å². The van der Waals surface area contributed by atoms with E-state index in [2.05, 4.69) is 26.3 Å². The molecular weight excluding hydrogens is 470 g/mol. The Hall–Kier alpha value is -2.37. The fourth-order valence-electron chi connectivity index (χ4n) is 4.80. The van der Waals surface area contributed by atoms with Gasteiger partial charge in [0, 0.05) is 28.9 Å². The normalized spacial score (nSPS) is 21.9. The van der Waals surface area contributed by atoms with Crippen molar-refractivity contribution in [3.05, 3.63) is 69.1 Å². The Bertz CT molecular complexity index is 1170. The maximum Gasteiger partial charge on any atom is 0.208 e. The minimum absolute atomic E-state index is 0.0862. The number of nitrogens with zero attached hydrogens (tertiary/aromatic N) is 3. The summed E-state index contributed by atoms with van der Waals surface area (Å²) in [6.45, 7) is 3.30.